The highest BCUT2D eigenvalue weighted by molar-refractivity contribution is 6.34. The first-order valence-corrected chi connectivity index (χ1v) is 4.87. The van der Waals surface area contributed by atoms with Crippen LogP contribution < -0.4 is 15.5 Å². The molecule has 0 aromatic heterocycles. The Morgan fingerprint density at radius 3 is 2.65 bits per heavy atom. The molecular formula is C11H13N3O3. The van der Waals surface area contributed by atoms with E-state index in [4.69, 9.17) is 4.74 Å². The Morgan fingerprint density at radius 1 is 1.29 bits per heavy atom. The Bertz CT molecular complexity index is 443. The van der Waals surface area contributed by atoms with Crippen LogP contribution in [-0.4, -0.2) is 32.2 Å². The van der Waals surface area contributed by atoms with E-state index in [0.717, 1.165) is 0 Å². The number of hydrazone groups is 1. The van der Waals surface area contributed by atoms with Gasteiger partial charge in [-0.15, -0.1) is 0 Å². The number of ether oxygens (including phenoxy) is 1. The lowest BCUT2D eigenvalue weighted by Crippen LogP contribution is -2.35. The predicted octanol–water partition coefficient (Wildman–Crippen LogP) is -0.109. The first kappa shape index (κ1) is 12.7. The summed E-state index contributed by atoms with van der Waals surface area (Å²) in [6, 6.07) is 7.17. The second-order valence-electron chi connectivity index (χ2n) is 3.02. The summed E-state index contributed by atoms with van der Waals surface area (Å²) >= 11 is 0. The number of benzene rings is 1. The lowest BCUT2D eigenvalue weighted by molar-refractivity contribution is -0.138. The minimum atomic E-state index is -0.821. The summed E-state index contributed by atoms with van der Waals surface area (Å²) in [5.41, 5.74) is 2.80. The Hall–Kier alpha value is -2.37. The summed E-state index contributed by atoms with van der Waals surface area (Å²) in [5.74, 6) is -0.939. The zero-order chi connectivity index (χ0) is 12.7. The number of amides is 2. The van der Waals surface area contributed by atoms with Crippen molar-refractivity contribution in [2.24, 2.45) is 5.10 Å². The molecule has 0 heterocycles. The van der Waals surface area contributed by atoms with Crippen molar-refractivity contribution in [3.63, 3.8) is 0 Å². The van der Waals surface area contributed by atoms with Crippen molar-refractivity contribution in [1.82, 2.24) is 10.7 Å². The van der Waals surface area contributed by atoms with Gasteiger partial charge in [0, 0.05) is 12.6 Å². The first-order valence-electron chi connectivity index (χ1n) is 4.87. The van der Waals surface area contributed by atoms with Gasteiger partial charge in [0.25, 0.3) is 0 Å². The fraction of sp³-hybridized carbons (Fsp3) is 0.182. The maximum Gasteiger partial charge on any atom is 0.329 e. The van der Waals surface area contributed by atoms with Crippen LogP contribution in [0.1, 0.15) is 5.56 Å². The van der Waals surface area contributed by atoms with E-state index in [9.17, 15) is 9.59 Å². The summed E-state index contributed by atoms with van der Waals surface area (Å²) in [6.45, 7) is 0. The third-order valence-corrected chi connectivity index (χ3v) is 1.94. The standard InChI is InChI=1S/C11H13N3O3/c1-12-10(15)11(16)14-13-7-8-5-3-4-6-9(8)17-2/h3-7H,1-2H3,(H,12,15)(H,14,16)/b13-7-. The van der Waals surface area contributed by atoms with Crippen LogP contribution in [0.5, 0.6) is 5.75 Å². The van der Waals surface area contributed by atoms with Crippen molar-refractivity contribution < 1.29 is 14.3 Å². The maximum atomic E-state index is 11.1. The molecule has 0 aliphatic rings. The quantitative estimate of drug-likeness (QED) is 0.436. The van der Waals surface area contributed by atoms with Crippen molar-refractivity contribution in [3.05, 3.63) is 29.8 Å². The fourth-order valence-corrected chi connectivity index (χ4v) is 1.10. The smallest absolute Gasteiger partial charge is 0.329 e. The normalized spacial score (nSPS) is 10.0. The average molecular weight is 235 g/mol. The van der Waals surface area contributed by atoms with Crippen molar-refractivity contribution in [2.75, 3.05) is 14.2 Å². The lowest BCUT2D eigenvalue weighted by atomic mass is 10.2. The summed E-state index contributed by atoms with van der Waals surface area (Å²) in [5, 5.41) is 5.84. The number of carbonyl (C=O) groups is 2. The molecule has 0 bridgehead atoms. The summed E-state index contributed by atoms with van der Waals surface area (Å²) in [4.78, 5) is 21.9. The molecule has 0 fully saturated rings. The Labute approximate surface area is 98.7 Å². The molecule has 6 heteroatoms. The van der Waals surface area contributed by atoms with Gasteiger partial charge in [0.1, 0.15) is 5.75 Å². The molecular weight excluding hydrogens is 222 g/mol. The predicted molar refractivity (Wildman–Crippen MR) is 62.8 cm³/mol. The van der Waals surface area contributed by atoms with Crippen molar-refractivity contribution >= 4 is 18.0 Å². The van der Waals surface area contributed by atoms with Crippen LogP contribution >= 0.6 is 0 Å². The van der Waals surface area contributed by atoms with E-state index in [1.54, 1.807) is 12.1 Å². The van der Waals surface area contributed by atoms with Crippen LogP contribution in [0, 0.1) is 0 Å². The summed E-state index contributed by atoms with van der Waals surface area (Å²) in [6.07, 6.45) is 1.40. The van der Waals surface area contributed by atoms with Gasteiger partial charge in [0.2, 0.25) is 0 Å². The van der Waals surface area contributed by atoms with E-state index in [1.165, 1.54) is 20.4 Å². The number of methoxy groups -OCH3 is 1. The van der Waals surface area contributed by atoms with Gasteiger partial charge >= 0.3 is 11.8 Å². The third-order valence-electron chi connectivity index (χ3n) is 1.94. The third kappa shape index (κ3) is 3.60. The van der Waals surface area contributed by atoms with E-state index in [0.29, 0.717) is 11.3 Å². The van der Waals surface area contributed by atoms with Crippen molar-refractivity contribution in [2.45, 2.75) is 0 Å². The van der Waals surface area contributed by atoms with Crippen LogP contribution in [0.2, 0.25) is 0 Å². The van der Waals surface area contributed by atoms with Gasteiger partial charge in [-0.2, -0.15) is 5.10 Å². The van der Waals surface area contributed by atoms with Gasteiger partial charge in [-0.3, -0.25) is 9.59 Å². The highest BCUT2D eigenvalue weighted by Gasteiger charge is 2.08. The van der Waals surface area contributed by atoms with Gasteiger partial charge in [0.15, 0.2) is 0 Å². The number of hydrogen-bond acceptors (Lipinski definition) is 4. The SMILES string of the molecule is CNC(=O)C(=O)N/N=C\c1ccccc1OC. The molecule has 0 radical (unpaired) electrons. The summed E-state index contributed by atoms with van der Waals surface area (Å²) < 4.78 is 5.09. The topological polar surface area (TPSA) is 79.8 Å². The number of para-hydroxylation sites is 1. The Balaban J connectivity index is 2.65. The molecule has 6 nitrogen and oxygen atoms in total. The van der Waals surface area contributed by atoms with E-state index in [1.807, 2.05) is 12.1 Å². The molecule has 0 aliphatic carbocycles. The van der Waals surface area contributed by atoms with Gasteiger partial charge in [0.05, 0.1) is 13.3 Å². The number of nitrogens with zero attached hydrogens (tertiary/aromatic N) is 1. The maximum absolute atomic E-state index is 11.1. The Kier molecular flexibility index (Phi) is 4.68. The molecule has 0 saturated carbocycles. The molecule has 17 heavy (non-hydrogen) atoms. The van der Waals surface area contributed by atoms with Crippen LogP contribution in [0.4, 0.5) is 0 Å². The second kappa shape index (κ2) is 6.26. The first-order chi connectivity index (χ1) is 8.19. The number of carbonyl (C=O) groups excluding carboxylic acids is 2. The van der Waals surface area contributed by atoms with Gasteiger partial charge in [-0.1, -0.05) is 12.1 Å². The minimum absolute atomic E-state index is 0.630. The largest absolute Gasteiger partial charge is 0.496 e. The van der Waals surface area contributed by atoms with Crippen LogP contribution in [0.3, 0.4) is 0 Å². The van der Waals surface area contributed by atoms with Gasteiger partial charge < -0.3 is 10.1 Å². The van der Waals surface area contributed by atoms with Crippen LogP contribution in [0.15, 0.2) is 29.4 Å². The van der Waals surface area contributed by atoms with Gasteiger partial charge in [-0.25, -0.2) is 5.43 Å². The zero-order valence-corrected chi connectivity index (χ0v) is 9.56. The molecule has 1 aromatic carbocycles. The second-order valence-corrected chi connectivity index (χ2v) is 3.02. The number of likely N-dealkylation sites (N-methyl/N-ethyl adjacent to an activating group) is 1. The van der Waals surface area contributed by atoms with Crippen LogP contribution in [-0.2, 0) is 9.59 Å². The summed E-state index contributed by atoms with van der Waals surface area (Å²) in [7, 11) is 2.90. The monoisotopic (exact) mass is 235 g/mol. The number of rotatable bonds is 3. The van der Waals surface area contributed by atoms with Crippen LogP contribution in [0.25, 0.3) is 0 Å². The molecule has 2 N–H and O–H groups in total. The van der Waals surface area contributed by atoms with Crippen molar-refractivity contribution in [1.29, 1.82) is 0 Å². The van der Waals surface area contributed by atoms with E-state index in [2.05, 4.69) is 15.8 Å². The molecule has 2 amide bonds. The van der Waals surface area contributed by atoms with E-state index in [-0.39, 0.29) is 0 Å². The van der Waals surface area contributed by atoms with E-state index >= 15 is 0 Å². The number of hydrogen-bond donors (Lipinski definition) is 2. The molecule has 1 aromatic rings. The fourth-order valence-electron chi connectivity index (χ4n) is 1.10. The molecule has 0 aliphatic heterocycles. The Morgan fingerprint density at radius 2 is 2.00 bits per heavy atom. The number of nitrogens with one attached hydrogen (secondary N) is 2. The zero-order valence-electron chi connectivity index (χ0n) is 9.56. The molecule has 1 rings (SSSR count). The van der Waals surface area contributed by atoms with Gasteiger partial charge in [-0.05, 0) is 12.1 Å². The molecule has 0 saturated heterocycles. The highest BCUT2D eigenvalue weighted by Crippen LogP contribution is 2.14. The molecule has 90 valence electrons. The van der Waals surface area contributed by atoms with E-state index < -0.39 is 11.8 Å². The lowest BCUT2D eigenvalue weighted by Gasteiger charge is -2.02. The molecule has 0 spiro atoms. The highest BCUT2D eigenvalue weighted by atomic mass is 16.5. The molecule has 0 atom stereocenters. The minimum Gasteiger partial charge on any atom is -0.496 e. The molecule has 0 unspecified atom stereocenters. The van der Waals surface area contributed by atoms with Crippen molar-refractivity contribution in [3.8, 4) is 5.75 Å². The average Bonchev–Trinajstić information content (AvgIpc) is 2.38.